The molecule has 0 radical (unpaired) electrons. The molecule has 5 nitrogen and oxygen atoms in total. The van der Waals surface area contributed by atoms with Crippen LogP contribution in [-0.4, -0.2) is 22.7 Å². The van der Waals surface area contributed by atoms with Gasteiger partial charge in [0.1, 0.15) is 0 Å². The van der Waals surface area contributed by atoms with Crippen LogP contribution >= 0.6 is 11.6 Å². The molecule has 1 heterocycles. The second-order valence-electron chi connectivity index (χ2n) is 3.15. The summed E-state index contributed by atoms with van der Waals surface area (Å²) < 4.78 is 9.53. The summed E-state index contributed by atoms with van der Waals surface area (Å²) in [7, 11) is 0. The normalized spacial score (nSPS) is 10.2. The number of esters is 1. The quantitative estimate of drug-likeness (QED) is 0.786. The van der Waals surface area contributed by atoms with Crippen molar-refractivity contribution in [1.82, 2.24) is 10.1 Å². The Morgan fingerprint density at radius 3 is 3.06 bits per heavy atom. The molecule has 0 aliphatic carbocycles. The van der Waals surface area contributed by atoms with Crippen molar-refractivity contribution < 1.29 is 14.1 Å². The van der Waals surface area contributed by atoms with Gasteiger partial charge < -0.3 is 9.26 Å². The maximum atomic E-state index is 11.3. The van der Waals surface area contributed by atoms with Gasteiger partial charge in [-0.1, -0.05) is 28.9 Å². The SMILES string of the molecule is CCOC(=O)c1nc(-c2cccc(Cl)c2)no1. The summed E-state index contributed by atoms with van der Waals surface area (Å²) >= 11 is 5.84. The fourth-order valence-electron chi connectivity index (χ4n) is 1.24. The number of hydrogen-bond acceptors (Lipinski definition) is 5. The highest BCUT2D eigenvalue weighted by molar-refractivity contribution is 6.30. The summed E-state index contributed by atoms with van der Waals surface area (Å²) in [5.74, 6) is -0.495. The minimum absolute atomic E-state index is 0.165. The van der Waals surface area contributed by atoms with E-state index in [2.05, 4.69) is 10.1 Å². The molecule has 88 valence electrons. The largest absolute Gasteiger partial charge is 0.459 e. The Bertz CT molecular complexity index is 539. The van der Waals surface area contributed by atoms with Crippen LogP contribution in [0, 0.1) is 0 Å². The van der Waals surface area contributed by atoms with E-state index in [9.17, 15) is 4.79 Å². The van der Waals surface area contributed by atoms with Crippen molar-refractivity contribution in [3.63, 3.8) is 0 Å². The minimum atomic E-state index is -0.631. The van der Waals surface area contributed by atoms with E-state index in [1.807, 2.05) is 0 Å². The highest BCUT2D eigenvalue weighted by atomic mass is 35.5. The van der Waals surface area contributed by atoms with Gasteiger partial charge in [0.15, 0.2) is 0 Å². The number of aromatic nitrogens is 2. The minimum Gasteiger partial charge on any atom is -0.459 e. The standard InChI is InChI=1S/C11H9ClN2O3/c1-2-16-11(15)10-13-9(14-17-10)7-4-3-5-8(12)6-7/h3-6H,2H2,1H3. The zero-order valence-electron chi connectivity index (χ0n) is 9.01. The third-order valence-corrected chi connectivity index (χ3v) is 2.19. The van der Waals surface area contributed by atoms with Crippen molar-refractivity contribution in [1.29, 1.82) is 0 Å². The zero-order valence-corrected chi connectivity index (χ0v) is 9.77. The highest BCUT2D eigenvalue weighted by Gasteiger charge is 2.16. The molecule has 0 atom stereocenters. The van der Waals surface area contributed by atoms with Gasteiger partial charge in [-0.3, -0.25) is 0 Å². The van der Waals surface area contributed by atoms with E-state index < -0.39 is 5.97 Å². The first kappa shape index (κ1) is 11.6. The summed E-state index contributed by atoms with van der Waals surface area (Å²) in [6.45, 7) is 1.96. The van der Waals surface area contributed by atoms with Crippen LogP contribution in [0.4, 0.5) is 0 Å². The van der Waals surface area contributed by atoms with Gasteiger partial charge in [0.05, 0.1) is 6.61 Å². The first-order valence-electron chi connectivity index (χ1n) is 4.97. The molecule has 0 unspecified atom stereocenters. The lowest BCUT2D eigenvalue weighted by Crippen LogP contribution is -2.04. The summed E-state index contributed by atoms with van der Waals surface area (Å²) in [4.78, 5) is 15.2. The van der Waals surface area contributed by atoms with E-state index in [0.717, 1.165) is 0 Å². The fraction of sp³-hybridized carbons (Fsp3) is 0.182. The first-order valence-corrected chi connectivity index (χ1v) is 5.35. The third kappa shape index (κ3) is 2.62. The number of carbonyl (C=O) groups is 1. The molecular weight excluding hydrogens is 244 g/mol. The van der Waals surface area contributed by atoms with Crippen LogP contribution in [0.25, 0.3) is 11.4 Å². The Morgan fingerprint density at radius 1 is 1.53 bits per heavy atom. The Kier molecular flexibility index (Phi) is 3.39. The lowest BCUT2D eigenvalue weighted by Gasteiger charge is -1.94. The lowest BCUT2D eigenvalue weighted by molar-refractivity contribution is 0.0470. The lowest BCUT2D eigenvalue weighted by atomic mass is 10.2. The number of halogens is 1. The molecule has 0 saturated heterocycles. The molecule has 2 aromatic rings. The molecule has 2 rings (SSSR count). The fourth-order valence-corrected chi connectivity index (χ4v) is 1.43. The van der Waals surface area contributed by atoms with E-state index in [0.29, 0.717) is 16.4 Å². The molecule has 0 spiro atoms. The third-order valence-electron chi connectivity index (χ3n) is 1.96. The van der Waals surface area contributed by atoms with Gasteiger partial charge in [-0.25, -0.2) is 4.79 Å². The van der Waals surface area contributed by atoms with E-state index >= 15 is 0 Å². The second kappa shape index (κ2) is 4.97. The molecular formula is C11H9ClN2O3. The smallest absolute Gasteiger partial charge is 0.397 e. The maximum absolute atomic E-state index is 11.3. The van der Waals surface area contributed by atoms with Crippen molar-refractivity contribution in [2.24, 2.45) is 0 Å². The summed E-state index contributed by atoms with van der Waals surface area (Å²) in [5, 5.41) is 4.25. The maximum Gasteiger partial charge on any atom is 0.397 e. The van der Waals surface area contributed by atoms with E-state index in [4.69, 9.17) is 20.9 Å². The Hall–Kier alpha value is -1.88. The number of benzene rings is 1. The van der Waals surface area contributed by atoms with Crippen LogP contribution in [0.15, 0.2) is 28.8 Å². The van der Waals surface area contributed by atoms with Gasteiger partial charge in [-0.2, -0.15) is 4.98 Å². The van der Waals surface area contributed by atoms with Gasteiger partial charge in [0, 0.05) is 10.6 Å². The van der Waals surface area contributed by atoms with Crippen molar-refractivity contribution in [2.45, 2.75) is 6.92 Å². The predicted molar refractivity (Wildman–Crippen MR) is 60.7 cm³/mol. The van der Waals surface area contributed by atoms with Crippen LogP contribution < -0.4 is 0 Å². The first-order chi connectivity index (χ1) is 8.20. The monoisotopic (exact) mass is 252 g/mol. The van der Waals surface area contributed by atoms with Crippen molar-refractivity contribution in [2.75, 3.05) is 6.61 Å². The number of hydrogen-bond donors (Lipinski definition) is 0. The number of ether oxygens (including phenoxy) is 1. The summed E-state index contributed by atoms with van der Waals surface area (Å²) in [6, 6.07) is 6.95. The van der Waals surface area contributed by atoms with Gasteiger partial charge in [0.25, 0.3) is 0 Å². The Labute approximate surface area is 102 Å². The van der Waals surface area contributed by atoms with Crippen molar-refractivity contribution in [3.05, 3.63) is 35.2 Å². The number of carbonyl (C=O) groups excluding carboxylic acids is 1. The molecule has 17 heavy (non-hydrogen) atoms. The molecule has 0 aliphatic rings. The molecule has 0 fully saturated rings. The van der Waals surface area contributed by atoms with Gasteiger partial charge in [-0.15, -0.1) is 0 Å². The zero-order chi connectivity index (χ0) is 12.3. The van der Waals surface area contributed by atoms with Crippen LogP contribution in [-0.2, 0) is 4.74 Å². The molecule has 0 saturated carbocycles. The Morgan fingerprint density at radius 2 is 2.35 bits per heavy atom. The van der Waals surface area contributed by atoms with E-state index in [1.165, 1.54) is 0 Å². The summed E-state index contributed by atoms with van der Waals surface area (Å²) in [6.07, 6.45) is 0. The van der Waals surface area contributed by atoms with Crippen LogP contribution in [0.3, 0.4) is 0 Å². The number of nitrogens with zero attached hydrogens (tertiary/aromatic N) is 2. The average molecular weight is 253 g/mol. The van der Waals surface area contributed by atoms with E-state index in [-0.39, 0.29) is 12.5 Å². The average Bonchev–Trinajstić information content (AvgIpc) is 2.78. The predicted octanol–water partition coefficient (Wildman–Crippen LogP) is 2.57. The number of rotatable bonds is 3. The van der Waals surface area contributed by atoms with Crippen LogP contribution in [0.1, 0.15) is 17.6 Å². The molecule has 0 N–H and O–H groups in total. The molecule has 0 aliphatic heterocycles. The van der Waals surface area contributed by atoms with Crippen molar-refractivity contribution >= 4 is 17.6 Å². The molecule has 1 aromatic heterocycles. The van der Waals surface area contributed by atoms with Crippen molar-refractivity contribution in [3.8, 4) is 11.4 Å². The summed E-state index contributed by atoms with van der Waals surface area (Å²) in [5.41, 5.74) is 0.678. The van der Waals surface area contributed by atoms with Gasteiger partial charge in [-0.05, 0) is 19.1 Å². The molecule has 0 bridgehead atoms. The van der Waals surface area contributed by atoms with E-state index in [1.54, 1.807) is 31.2 Å². The second-order valence-corrected chi connectivity index (χ2v) is 3.59. The van der Waals surface area contributed by atoms with Gasteiger partial charge in [0.2, 0.25) is 5.82 Å². The van der Waals surface area contributed by atoms with Crippen LogP contribution in [0.5, 0.6) is 0 Å². The molecule has 6 heteroatoms. The highest BCUT2D eigenvalue weighted by Crippen LogP contribution is 2.19. The topological polar surface area (TPSA) is 65.2 Å². The van der Waals surface area contributed by atoms with Gasteiger partial charge >= 0.3 is 11.9 Å². The Balaban J connectivity index is 2.27. The molecule has 0 amide bonds. The van der Waals surface area contributed by atoms with Crippen LogP contribution in [0.2, 0.25) is 5.02 Å². The molecule has 1 aromatic carbocycles.